The number of ether oxygens (including phenoxy) is 2. The van der Waals surface area contributed by atoms with Crippen molar-refractivity contribution in [2.24, 2.45) is 0 Å². The highest BCUT2D eigenvalue weighted by Gasteiger charge is 2.15. The normalized spacial score (nSPS) is 10.8. The minimum atomic E-state index is -0.497. The molecule has 0 aromatic heterocycles. The highest BCUT2D eigenvalue weighted by atomic mass is 32.1. The summed E-state index contributed by atoms with van der Waals surface area (Å²) in [5.41, 5.74) is -0.497. The average molecular weight is 307 g/mol. The summed E-state index contributed by atoms with van der Waals surface area (Å²) in [6.45, 7) is 7.71. The van der Waals surface area contributed by atoms with Gasteiger partial charge in [0.15, 0.2) is 5.11 Å². The second-order valence-corrected chi connectivity index (χ2v) is 5.36. The summed E-state index contributed by atoms with van der Waals surface area (Å²) < 4.78 is 10.1. The third kappa shape index (κ3) is 13.3. The van der Waals surface area contributed by atoms with Crippen LogP contribution in [0.25, 0.3) is 0 Å². The van der Waals surface area contributed by atoms with Crippen molar-refractivity contribution in [3.8, 4) is 0 Å². The lowest BCUT2D eigenvalue weighted by Gasteiger charge is -2.19. The fourth-order valence-electron chi connectivity index (χ4n) is 1.12. The highest BCUT2D eigenvalue weighted by molar-refractivity contribution is 7.80. The van der Waals surface area contributed by atoms with Crippen LogP contribution in [-0.2, 0) is 9.47 Å². The van der Waals surface area contributed by atoms with E-state index in [1.54, 1.807) is 0 Å². The van der Waals surface area contributed by atoms with E-state index in [2.05, 4.69) is 16.0 Å². The number of hydrogen-bond donors (Lipinski definition) is 4. The summed E-state index contributed by atoms with van der Waals surface area (Å²) in [5, 5.41) is 17.5. The fourth-order valence-corrected chi connectivity index (χ4v) is 1.32. The number of alkyl carbamates (subject to hydrolysis) is 1. The molecule has 0 saturated heterocycles. The number of thiocarbonyl (C=S) groups is 1. The van der Waals surface area contributed by atoms with E-state index < -0.39 is 11.7 Å². The van der Waals surface area contributed by atoms with Crippen LogP contribution in [-0.4, -0.2) is 61.4 Å². The molecule has 118 valence electrons. The van der Waals surface area contributed by atoms with Crippen LogP contribution in [0.4, 0.5) is 4.79 Å². The van der Waals surface area contributed by atoms with Crippen LogP contribution in [0.2, 0.25) is 0 Å². The Labute approximate surface area is 125 Å². The van der Waals surface area contributed by atoms with Crippen molar-refractivity contribution in [1.82, 2.24) is 16.0 Å². The number of carbonyl (C=O) groups excluding carboxylic acids is 1. The van der Waals surface area contributed by atoms with Crippen LogP contribution in [0.3, 0.4) is 0 Å². The standard InChI is InChI=1S/C12H25N3O4S/c1-12(2,3)19-11(17)15-5-4-13-10(20)14-6-8-18-9-7-16/h16H,4-9H2,1-3H3,(H,15,17)(H2,13,14,20). The number of aliphatic hydroxyl groups is 1. The fraction of sp³-hybridized carbons (Fsp3) is 0.833. The molecule has 0 bridgehead atoms. The molecule has 0 spiro atoms. The van der Waals surface area contributed by atoms with Crippen molar-refractivity contribution in [1.29, 1.82) is 0 Å². The molecule has 0 aliphatic carbocycles. The molecule has 20 heavy (non-hydrogen) atoms. The molecule has 8 heteroatoms. The SMILES string of the molecule is CC(C)(C)OC(=O)NCCNC(=S)NCCOCCO. The Morgan fingerprint density at radius 2 is 1.70 bits per heavy atom. The molecule has 0 saturated carbocycles. The smallest absolute Gasteiger partial charge is 0.407 e. The minimum absolute atomic E-state index is 0.0129. The Morgan fingerprint density at radius 1 is 1.10 bits per heavy atom. The zero-order valence-corrected chi connectivity index (χ0v) is 13.1. The Bertz CT molecular complexity index is 295. The number of carbonyl (C=O) groups is 1. The largest absolute Gasteiger partial charge is 0.444 e. The Hall–Kier alpha value is -1.12. The maximum atomic E-state index is 11.3. The molecule has 0 aromatic rings. The van der Waals surface area contributed by atoms with Crippen LogP contribution < -0.4 is 16.0 Å². The molecule has 0 rings (SSSR count). The molecule has 7 nitrogen and oxygen atoms in total. The predicted octanol–water partition coefficient (Wildman–Crippen LogP) is -0.0159. The molecule has 0 aliphatic rings. The molecular formula is C12H25N3O4S. The van der Waals surface area contributed by atoms with Gasteiger partial charge in [0.1, 0.15) is 5.60 Å². The lowest BCUT2D eigenvalue weighted by atomic mass is 10.2. The Morgan fingerprint density at radius 3 is 2.30 bits per heavy atom. The zero-order chi connectivity index (χ0) is 15.4. The number of amides is 1. The van der Waals surface area contributed by atoms with Crippen LogP contribution >= 0.6 is 12.2 Å². The Kier molecular flexibility index (Phi) is 10.0. The predicted molar refractivity (Wildman–Crippen MR) is 80.7 cm³/mol. The van der Waals surface area contributed by atoms with Crippen molar-refractivity contribution in [3.63, 3.8) is 0 Å². The molecule has 0 radical (unpaired) electrons. The van der Waals surface area contributed by atoms with Crippen LogP contribution in [0, 0.1) is 0 Å². The molecular weight excluding hydrogens is 282 g/mol. The van der Waals surface area contributed by atoms with Gasteiger partial charge in [0.25, 0.3) is 0 Å². The van der Waals surface area contributed by atoms with E-state index >= 15 is 0 Å². The second-order valence-electron chi connectivity index (χ2n) is 4.95. The molecule has 0 atom stereocenters. The van der Waals surface area contributed by atoms with E-state index in [4.69, 9.17) is 26.8 Å². The van der Waals surface area contributed by atoms with Gasteiger partial charge in [0, 0.05) is 19.6 Å². The second kappa shape index (κ2) is 10.6. The van der Waals surface area contributed by atoms with Crippen molar-refractivity contribution < 1.29 is 19.4 Å². The first-order valence-corrected chi connectivity index (χ1v) is 6.93. The summed E-state index contributed by atoms with van der Waals surface area (Å²) in [5.74, 6) is 0. The summed E-state index contributed by atoms with van der Waals surface area (Å²) in [4.78, 5) is 11.3. The monoisotopic (exact) mass is 307 g/mol. The zero-order valence-electron chi connectivity index (χ0n) is 12.3. The average Bonchev–Trinajstić information content (AvgIpc) is 2.32. The van der Waals surface area contributed by atoms with Crippen molar-refractivity contribution in [3.05, 3.63) is 0 Å². The summed E-state index contributed by atoms with van der Waals surface area (Å²) in [6.07, 6.45) is -0.449. The summed E-state index contributed by atoms with van der Waals surface area (Å²) >= 11 is 5.03. The van der Waals surface area contributed by atoms with Gasteiger partial charge in [0.2, 0.25) is 0 Å². The minimum Gasteiger partial charge on any atom is -0.444 e. The molecule has 0 aromatic carbocycles. The van der Waals surface area contributed by atoms with E-state index in [1.807, 2.05) is 20.8 Å². The van der Waals surface area contributed by atoms with E-state index in [9.17, 15) is 4.79 Å². The van der Waals surface area contributed by atoms with Crippen molar-refractivity contribution >= 4 is 23.4 Å². The van der Waals surface area contributed by atoms with Crippen molar-refractivity contribution in [2.75, 3.05) is 39.5 Å². The van der Waals surface area contributed by atoms with E-state index in [0.29, 0.717) is 38.0 Å². The maximum absolute atomic E-state index is 11.3. The van der Waals surface area contributed by atoms with Crippen LogP contribution in [0.5, 0.6) is 0 Å². The first-order chi connectivity index (χ1) is 9.35. The first-order valence-electron chi connectivity index (χ1n) is 6.52. The van der Waals surface area contributed by atoms with E-state index in [1.165, 1.54) is 0 Å². The topological polar surface area (TPSA) is 91.9 Å². The van der Waals surface area contributed by atoms with Gasteiger partial charge in [0.05, 0.1) is 19.8 Å². The van der Waals surface area contributed by atoms with Crippen LogP contribution in [0.1, 0.15) is 20.8 Å². The lowest BCUT2D eigenvalue weighted by Crippen LogP contribution is -2.42. The summed E-state index contributed by atoms with van der Waals surface area (Å²) in [7, 11) is 0. The van der Waals surface area contributed by atoms with Gasteiger partial charge in [-0.15, -0.1) is 0 Å². The molecule has 0 unspecified atom stereocenters. The van der Waals surface area contributed by atoms with Crippen LogP contribution in [0.15, 0.2) is 0 Å². The number of hydrogen-bond acceptors (Lipinski definition) is 5. The van der Waals surface area contributed by atoms with E-state index in [0.717, 1.165) is 0 Å². The molecule has 1 amide bonds. The third-order valence-corrected chi connectivity index (χ3v) is 2.14. The van der Waals surface area contributed by atoms with Gasteiger partial charge in [-0.1, -0.05) is 0 Å². The van der Waals surface area contributed by atoms with Crippen molar-refractivity contribution in [2.45, 2.75) is 26.4 Å². The number of rotatable bonds is 8. The van der Waals surface area contributed by atoms with Gasteiger partial charge in [-0.2, -0.15) is 0 Å². The quantitative estimate of drug-likeness (QED) is 0.370. The third-order valence-electron chi connectivity index (χ3n) is 1.85. The lowest BCUT2D eigenvalue weighted by molar-refractivity contribution is 0.0529. The molecule has 0 fully saturated rings. The number of aliphatic hydroxyl groups excluding tert-OH is 1. The molecule has 0 aliphatic heterocycles. The van der Waals surface area contributed by atoms with Gasteiger partial charge < -0.3 is 30.5 Å². The van der Waals surface area contributed by atoms with Gasteiger partial charge >= 0.3 is 6.09 Å². The number of nitrogens with one attached hydrogen (secondary N) is 3. The first kappa shape index (κ1) is 18.9. The molecule has 0 heterocycles. The summed E-state index contributed by atoms with van der Waals surface area (Å²) in [6, 6.07) is 0. The van der Waals surface area contributed by atoms with E-state index in [-0.39, 0.29) is 6.61 Å². The maximum Gasteiger partial charge on any atom is 0.407 e. The molecule has 4 N–H and O–H groups in total. The Balaban J connectivity index is 3.46. The van der Waals surface area contributed by atoms with Gasteiger partial charge in [-0.05, 0) is 33.0 Å². The highest BCUT2D eigenvalue weighted by Crippen LogP contribution is 2.05. The van der Waals surface area contributed by atoms with Gasteiger partial charge in [-0.3, -0.25) is 0 Å². The van der Waals surface area contributed by atoms with Gasteiger partial charge in [-0.25, -0.2) is 4.79 Å².